The lowest BCUT2D eigenvalue weighted by atomic mass is 10.2. The Morgan fingerprint density at radius 2 is 1.91 bits per heavy atom. The Kier molecular flexibility index (Phi) is 7.57. The van der Waals surface area contributed by atoms with Crippen LogP contribution < -0.4 is 14.4 Å². The largest absolute Gasteiger partial charge is 0.497 e. The molecule has 0 radical (unpaired) electrons. The van der Waals surface area contributed by atoms with Crippen LogP contribution in [0.15, 0.2) is 42.5 Å². The number of carbonyl (C=O) groups excluding carboxylic acids is 1. The fourth-order valence-electron chi connectivity index (χ4n) is 3.72. The number of ether oxygens (including phenoxy) is 3. The van der Waals surface area contributed by atoms with E-state index in [1.165, 1.54) is 11.3 Å². The second kappa shape index (κ2) is 10.8. The van der Waals surface area contributed by atoms with Crippen molar-refractivity contribution in [2.24, 2.45) is 0 Å². The first-order valence-electron chi connectivity index (χ1n) is 11.0. The van der Waals surface area contributed by atoms with Crippen LogP contribution in [0.1, 0.15) is 23.7 Å². The lowest BCUT2D eigenvalue weighted by molar-refractivity contribution is 0.0376. The minimum atomic E-state index is -0.0567. The van der Waals surface area contributed by atoms with Crippen LogP contribution in [-0.2, 0) is 4.74 Å². The van der Waals surface area contributed by atoms with Crippen LogP contribution in [0, 0.1) is 0 Å². The number of hydrogen-bond donors (Lipinski definition) is 0. The van der Waals surface area contributed by atoms with E-state index in [0.717, 1.165) is 61.0 Å². The number of anilines is 1. The Labute approximate surface area is 192 Å². The molecular weight excluding hydrogens is 426 g/mol. The molecule has 4 rings (SSSR count). The van der Waals surface area contributed by atoms with Crippen molar-refractivity contribution in [1.82, 2.24) is 9.88 Å². The van der Waals surface area contributed by atoms with Crippen molar-refractivity contribution in [3.05, 3.63) is 48.0 Å². The molecule has 0 spiro atoms. The number of aromatic nitrogens is 1. The molecule has 1 amide bonds. The average Bonchev–Trinajstić information content (AvgIpc) is 3.25. The van der Waals surface area contributed by atoms with Crippen molar-refractivity contribution < 1.29 is 19.0 Å². The summed E-state index contributed by atoms with van der Waals surface area (Å²) in [5.74, 6) is 1.48. The van der Waals surface area contributed by atoms with E-state index in [9.17, 15) is 4.79 Å². The predicted molar refractivity (Wildman–Crippen MR) is 127 cm³/mol. The highest BCUT2D eigenvalue weighted by Crippen LogP contribution is 2.32. The number of morpholine rings is 1. The Bertz CT molecular complexity index is 1030. The Balaban J connectivity index is 1.56. The monoisotopic (exact) mass is 455 g/mol. The number of fused-ring (bicyclic) bond motifs is 1. The standard InChI is InChI=1S/C24H29N3O4S/c1-3-31-20-9-10-21-22(17-20)32-24(25-21)27(12-4-11-26-13-15-30-16-14-26)23(28)18-5-7-19(29-2)8-6-18/h5-10,17H,3-4,11-16H2,1-2H3. The molecule has 8 heteroatoms. The molecule has 0 atom stereocenters. The summed E-state index contributed by atoms with van der Waals surface area (Å²) >= 11 is 1.52. The summed E-state index contributed by atoms with van der Waals surface area (Å²) in [6.07, 6.45) is 0.863. The molecule has 1 fully saturated rings. The zero-order valence-corrected chi connectivity index (χ0v) is 19.4. The fraction of sp³-hybridized carbons (Fsp3) is 0.417. The van der Waals surface area contributed by atoms with Gasteiger partial charge in [-0.2, -0.15) is 0 Å². The number of carbonyl (C=O) groups is 1. The normalized spacial score (nSPS) is 14.4. The SMILES string of the molecule is CCOc1ccc2nc(N(CCCN3CCOCC3)C(=O)c3ccc(OC)cc3)sc2c1. The Morgan fingerprint density at radius 1 is 1.16 bits per heavy atom. The minimum absolute atomic E-state index is 0.0567. The number of methoxy groups -OCH3 is 1. The second-order valence-electron chi connectivity index (χ2n) is 7.55. The van der Waals surface area contributed by atoms with Gasteiger partial charge in [-0.3, -0.25) is 14.6 Å². The van der Waals surface area contributed by atoms with Crippen molar-refractivity contribution >= 4 is 32.6 Å². The Hall–Kier alpha value is -2.68. The van der Waals surface area contributed by atoms with Crippen LogP contribution in [0.3, 0.4) is 0 Å². The molecule has 7 nitrogen and oxygen atoms in total. The molecule has 0 unspecified atom stereocenters. The van der Waals surface area contributed by atoms with E-state index in [4.69, 9.17) is 19.2 Å². The van der Waals surface area contributed by atoms with Gasteiger partial charge in [-0.1, -0.05) is 11.3 Å². The van der Waals surface area contributed by atoms with Crippen LogP contribution in [0.25, 0.3) is 10.2 Å². The van der Waals surface area contributed by atoms with E-state index in [0.29, 0.717) is 23.8 Å². The summed E-state index contributed by atoms with van der Waals surface area (Å²) in [5, 5.41) is 0.705. The topological polar surface area (TPSA) is 64.1 Å². The van der Waals surface area contributed by atoms with Crippen LogP contribution >= 0.6 is 11.3 Å². The third-order valence-corrected chi connectivity index (χ3v) is 6.47. The van der Waals surface area contributed by atoms with Crippen LogP contribution in [0.4, 0.5) is 5.13 Å². The summed E-state index contributed by atoms with van der Waals surface area (Å²) in [5.41, 5.74) is 1.49. The predicted octanol–water partition coefficient (Wildman–Crippen LogP) is 4.07. The first kappa shape index (κ1) is 22.5. The molecule has 0 aliphatic carbocycles. The van der Waals surface area contributed by atoms with Gasteiger partial charge in [-0.25, -0.2) is 4.98 Å². The molecule has 1 saturated heterocycles. The second-order valence-corrected chi connectivity index (χ2v) is 8.56. The van der Waals surface area contributed by atoms with E-state index < -0.39 is 0 Å². The zero-order chi connectivity index (χ0) is 22.3. The molecule has 3 aromatic rings. The molecule has 2 aromatic carbocycles. The third-order valence-electron chi connectivity index (χ3n) is 5.43. The molecule has 1 aromatic heterocycles. The van der Waals surface area contributed by atoms with Gasteiger partial charge in [0.05, 0.1) is 37.1 Å². The van der Waals surface area contributed by atoms with Crippen molar-refractivity contribution in [3.8, 4) is 11.5 Å². The maximum Gasteiger partial charge on any atom is 0.260 e. The Morgan fingerprint density at radius 3 is 2.62 bits per heavy atom. The van der Waals surface area contributed by atoms with E-state index in [-0.39, 0.29) is 5.91 Å². The van der Waals surface area contributed by atoms with Crippen molar-refractivity contribution in [2.45, 2.75) is 13.3 Å². The first-order chi connectivity index (χ1) is 15.7. The fourth-order valence-corrected chi connectivity index (χ4v) is 4.73. The summed E-state index contributed by atoms with van der Waals surface area (Å²) in [6.45, 7) is 7.52. The quantitative estimate of drug-likeness (QED) is 0.485. The maximum atomic E-state index is 13.5. The molecule has 1 aliphatic rings. The van der Waals surface area contributed by atoms with Crippen molar-refractivity contribution in [3.63, 3.8) is 0 Å². The highest BCUT2D eigenvalue weighted by atomic mass is 32.1. The molecule has 32 heavy (non-hydrogen) atoms. The number of nitrogens with zero attached hydrogens (tertiary/aromatic N) is 3. The average molecular weight is 456 g/mol. The summed E-state index contributed by atoms with van der Waals surface area (Å²) in [7, 11) is 1.62. The molecular formula is C24H29N3O4S. The highest BCUT2D eigenvalue weighted by molar-refractivity contribution is 7.22. The van der Waals surface area contributed by atoms with Gasteiger partial charge in [0.15, 0.2) is 5.13 Å². The van der Waals surface area contributed by atoms with Gasteiger partial charge < -0.3 is 14.2 Å². The molecule has 1 aliphatic heterocycles. The van der Waals surface area contributed by atoms with Crippen molar-refractivity contribution in [2.75, 3.05) is 58.0 Å². The minimum Gasteiger partial charge on any atom is -0.497 e. The van der Waals surface area contributed by atoms with Gasteiger partial charge in [-0.05, 0) is 55.8 Å². The third kappa shape index (κ3) is 5.38. The number of benzene rings is 2. The van der Waals surface area contributed by atoms with Gasteiger partial charge in [0.2, 0.25) is 0 Å². The number of hydrogen-bond acceptors (Lipinski definition) is 7. The van der Waals surface area contributed by atoms with E-state index >= 15 is 0 Å². The molecule has 0 bridgehead atoms. The lowest BCUT2D eigenvalue weighted by Crippen LogP contribution is -2.39. The van der Waals surface area contributed by atoms with Crippen LogP contribution in [0.2, 0.25) is 0 Å². The lowest BCUT2D eigenvalue weighted by Gasteiger charge is -2.27. The van der Waals surface area contributed by atoms with Crippen molar-refractivity contribution in [1.29, 1.82) is 0 Å². The summed E-state index contributed by atoms with van der Waals surface area (Å²) in [4.78, 5) is 22.4. The van der Waals surface area contributed by atoms with Crippen LogP contribution in [-0.4, -0.2) is 68.9 Å². The van der Waals surface area contributed by atoms with Crippen LogP contribution in [0.5, 0.6) is 11.5 Å². The van der Waals surface area contributed by atoms with E-state index in [1.54, 1.807) is 24.1 Å². The first-order valence-corrected chi connectivity index (χ1v) is 11.8. The van der Waals surface area contributed by atoms with Gasteiger partial charge >= 0.3 is 0 Å². The molecule has 2 heterocycles. The van der Waals surface area contributed by atoms with Gasteiger partial charge in [-0.15, -0.1) is 0 Å². The molecule has 170 valence electrons. The van der Waals surface area contributed by atoms with Gasteiger partial charge in [0.1, 0.15) is 11.5 Å². The zero-order valence-electron chi connectivity index (χ0n) is 18.6. The van der Waals surface area contributed by atoms with Gasteiger partial charge in [0.25, 0.3) is 5.91 Å². The van der Waals surface area contributed by atoms with E-state index in [1.807, 2.05) is 37.3 Å². The van der Waals surface area contributed by atoms with Gasteiger partial charge in [0, 0.05) is 31.7 Å². The number of rotatable bonds is 9. The molecule has 0 saturated carbocycles. The maximum absolute atomic E-state index is 13.5. The summed E-state index contributed by atoms with van der Waals surface area (Å²) < 4.78 is 17.3. The van der Waals surface area contributed by atoms with E-state index in [2.05, 4.69) is 4.90 Å². The smallest absolute Gasteiger partial charge is 0.260 e. The summed E-state index contributed by atoms with van der Waals surface area (Å²) in [6, 6.07) is 13.1. The number of amides is 1. The number of thiazole rings is 1. The highest BCUT2D eigenvalue weighted by Gasteiger charge is 2.22. The molecule has 0 N–H and O–H groups in total.